The topological polar surface area (TPSA) is 51.6 Å². The van der Waals surface area contributed by atoms with Crippen molar-refractivity contribution in [2.75, 3.05) is 0 Å². The first-order valence-electron chi connectivity index (χ1n) is 3.64. The van der Waals surface area contributed by atoms with Crippen molar-refractivity contribution in [3.8, 4) is 11.5 Å². The molecule has 2 aromatic rings. The third-order valence-electron chi connectivity index (χ3n) is 1.49. The maximum atomic E-state index is 4.25. The van der Waals surface area contributed by atoms with E-state index in [9.17, 15) is 0 Å². The number of aromatic nitrogens is 4. The molecule has 0 amide bonds. The Balaban J connectivity index is 2.54. The van der Waals surface area contributed by atoms with E-state index < -0.39 is 0 Å². The lowest BCUT2D eigenvalue weighted by molar-refractivity contribution is 1.03. The Hall–Kier alpha value is -1.49. The maximum Gasteiger partial charge on any atom is 0.182 e. The zero-order valence-corrected chi connectivity index (χ0v) is 7.52. The average molecular weight is 190 g/mol. The van der Waals surface area contributed by atoms with Gasteiger partial charge in [-0.2, -0.15) is 0 Å². The number of nitrogens with zero attached hydrogens (tertiary/aromatic N) is 4. The number of pyridine rings is 1. The number of hydrogen-bond acceptors (Lipinski definition) is 5. The lowest BCUT2D eigenvalue weighted by atomic mass is 10.3. The third kappa shape index (κ3) is 1.65. The Labute approximate surface area is 80.5 Å². The molecule has 0 saturated heterocycles. The fourth-order valence-corrected chi connectivity index (χ4v) is 1.17. The Bertz CT molecular complexity index is 404. The van der Waals surface area contributed by atoms with Crippen molar-refractivity contribution in [1.29, 1.82) is 0 Å². The van der Waals surface area contributed by atoms with E-state index in [0.29, 0.717) is 11.5 Å². The van der Waals surface area contributed by atoms with Crippen LogP contribution < -0.4 is 0 Å². The van der Waals surface area contributed by atoms with Crippen molar-refractivity contribution >= 4 is 12.6 Å². The normalized spacial score (nSPS) is 9.92. The summed E-state index contributed by atoms with van der Waals surface area (Å²) in [6.45, 7) is 0. The monoisotopic (exact) mass is 190 g/mol. The van der Waals surface area contributed by atoms with Crippen LogP contribution in [0.1, 0.15) is 0 Å². The minimum atomic E-state index is 0.542. The van der Waals surface area contributed by atoms with Gasteiger partial charge in [-0.15, -0.1) is 12.6 Å². The number of thiol groups is 1. The maximum absolute atomic E-state index is 4.25. The summed E-state index contributed by atoms with van der Waals surface area (Å²) >= 11 is 4.25. The van der Waals surface area contributed by atoms with Crippen molar-refractivity contribution in [2.45, 2.75) is 4.90 Å². The van der Waals surface area contributed by atoms with E-state index in [1.165, 1.54) is 12.7 Å². The zero-order chi connectivity index (χ0) is 9.10. The van der Waals surface area contributed by atoms with Gasteiger partial charge in [0.15, 0.2) is 5.82 Å². The molecule has 0 saturated carbocycles. The van der Waals surface area contributed by atoms with Crippen molar-refractivity contribution in [3.63, 3.8) is 0 Å². The summed E-state index contributed by atoms with van der Waals surface area (Å²) in [6, 6.07) is 3.66. The highest BCUT2D eigenvalue weighted by atomic mass is 32.1. The number of rotatable bonds is 1. The van der Waals surface area contributed by atoms with E-state index in [4.69, 9.17) is 0 Å². The molecule has 0 unspecified atom stereocenters. The molecule has 0 aliphatic heterocycles. The number of hydrogen-bond donors (Lipinski definition) is 1. The largest absolute Gasteiger partial charge is 0.252 e. The van der Waals surface area contributed by atoms with Gasteiger partial charge in [0.25, 0.3) is 0 Å². The highest BCUT2D eigenvalue weighted by Gasteiger charge is 2.04. The van der Waals surface area contributed by atoms with Gasteiger partial charge >= 0.3 is 0 Å². The van der Waals surface area contributed by atoms with Crippen LogP contribution in [-0.2, 0) is 0 Å². The molecule has 0 bridgehead atoms. The van der Waals surface area contributed by atoms with Crippen molar-refractivity contribution < 1.29 is 0 Å². The summed E-state index contributed by atoms with van der Waals surface area (Å²) in [5.41, 5.74) is 0.674. The summed E-state index contributed by atoms with van der Waals surface area (Å²) in [5, 5.41) is 0. The predicted molar refractivity (Wildman–Crippen MR) is 50.3 cm³/mol. The summed E-state index contributed by atoms with van der Waals surface area (Å²) in [4.78, 5) is 16.6. The van der Waals surface area contributed by atoms with Gasteiger partial charge in [-0.1, -0.05) is 0 Å². The van der Waals surface area contributed by atoms with Crippen LogP contribution in [0, 0.1) is 0 Å². The lowest BCUT2D eigenvalue weighted by Gasteiger charge is -1.99. The molecule has 0 atom stereocenters. The first kappa shape index (κ1) is 8.12. The highest BCUT2D eigenvalue weighted by molar-refractivity contribution is 7.80. The van der Waals surface area contributed by atoms with E-state index in [1.807, 2.05) is 12.1 Å². The van der Waals surface area contributed by atoms with Gasteiger partial charge in [-0.25, -0.2) is 15.0 Å². The van der Waals surface area contributed by atoms with E-state index >= 15 is 0 Å². The Kier molecular flexibility index (Phi) is 2.18. The molecule has 2 rings (SSSR count). The van der Waals surface area contributed by atoms with Crippen LogP contribution in [0.5, 0.6) is 0 Å². The fraction of sp³-hybridized carbons (Fsp3) is 0. The van der Waals surface area contributed by atoms with Crippen LogP contribution in [0.4, 0.5) is 0 Å². The van der Waals surface area contributed by atoms with Crippen LogP contribution in [0.25, 0.3) is 11.5 Å². The van der Waals surface area contributed by atoms with E-state index in [0.717, 1.165) is 4.90 Å². The lowest BCUT2D eigenvalue weighted by Crippen LogP contribution is -1.92. The van der Waals surface area contributed by atoms with Crippen LogP contribution >= 0.6 is 12.6 Å². The van der Waals surface area contributed by atoms with Crippen LogP contribution in [-0.4, -0.2) is 19.9 Å². The smallest absolute Gasteiger partial charge is 0.182 e. The first-order chi connectivity index (χ1) is 6.38. The second kappa shape index (κ2) is 3.49. The summed E-state index contributed by atoms with van der Waals surface area (Å²) in [5.74, 6) is 0.542. The van der Waals surface area contributed by atoms with Crippen molar-refractivity contribution in [1.82, 2.24) is 19.9 Å². The van der Waals surface area contributed by atoms with Crippen LogP contribution in [0.2, 0.25) is 0 Å². The van der Waals surface area contributed by atoms with Crippen molar-refractivity contribution in [3.05, 3.63) is 31.0 Å². The van der Waals surface area contributed by atoms with Crippen molar-refractivity contribution in [2.24, 2.45) is 0 Å². The van der Waals surface area contributed by atoms with Gasteiger partial charge in [0.2, 0.25) is 0 Å². The summed E-state index contributed by atoms with van der Waals surface area (Å²) in [6.07, 6.45) is 4.55. The summed E-state index contributed by atoms with van der Waals surface area (Å²) in [7, 11) is 0. The minimum Gasteiger partial charge on any atom is -0.252 e. The third-order valence-corrected chi connectivity index (χ3v) is 1.85. The van der Waals surface area contributed by atoms with Gasteiger partial charge < -0.3 is 0 Å². The SMILES string of the molecule is Sc1cccnc1-c1ncncn1. The quantitative estimate of drug-likeness (QED) is 0.687. The summed E-state index contributed by atoms with van der Waals surface area (Å²) < 4.78 is 0. The van der Waals surface area contributed by atoms with E-state index in [-0.39, 0.29) is 0 Å². The molecule has 2 aromatic heterocycles. The molecule has 4 nitrogen and oxygen atoms in total. The Morgan fingerprint density at radius 1 is 1.08 bits per heavy atom. The van der Waals surface area contributed by atoms with Gasteiger partial charge in [0, 0.05) is 11.1 Å². The first-order valence-corrected chi connectivity index (χ1v) is 4.09. The molecule has 0 N–H and O–H groups in total. The molecule has 0 spiro atoms. The second-order valence-electron chi connectivity index (χ2n) is 2.33. The Morgan fingerprint density at radius 3 is 2.54 bits per heavy atom. The molecule has 0 fully saturated rings. The molecule has 0 radical (unpaired) electrons. The van der Waals surface area contributed by atoms with Gasteiger partial charge in [-0.3, -0.25) is 4.98 Å². The molecule has 0 aliphatic rings. The van der Waals surface area contributed by atoms with Crippen LogP contribution in [0.3, 0.4) is 0 Å². The highest BCUT2D eigenvalue weighted by Crippen LogP contribution is 2.18. The molecule has 64 valence electrons. The van der Waals surface area contributed by atoms with Crippen LogP contribution in [0.15, 0.2) is 35.9 Å². The second-order valence-corrected chi connectivity index (χ2v) is 2.81. The molecule has 5 heteroatoms. The fourth-order valence-electron chi connectivity index (χ4n) is 0.931. The molecule has 2 heterocycles. The van der Waals surface area contributed by atoms with Gasteiger partial charge in [0.05, 0.1) is 0 Å². The van der Waals surface area contributed by atoms with E-state index in [1.54, 1.807) is 6.20 Å². The van der Waals surface area contributed by atoms with Gasteiger partial charge in [-0.05, 0) is 12.1 Å². The Morgan fingerprint density at radius 2 is 1.85 bits per heavy atom. The molecule has 13 heavy (non-hydrogen) atoms. The van der Waals surface area contributed by atoms with Gasteiger partial charge in [0.1, 0.15) is 18.3 Å². The molecular formula is C8H6N4S. The minimum absolute atomic E-state index is 0.542. The predicted octanol–water partition coefficient (Wildman–Crippen LogP) is 1.22. The molecular weight excluding hydrogens is 184 g/mol. The zero-order valence-electron chi connectivity index (χ0n) is 6.62. The average Bonchev–Trinajstić information content (AvgIpc) is 2.20. The standard InChI is InChI=1S/C8H6N4S/c13-6-2-1-3-10-7(6)8-11-4-9-5-12-8/h1-5,13H. The van der Waals surface area contributed by atoms with E-state index in [2.05, 4.69) is 32.6 Å². The molecule has 0 aliphatic carbocycles. The molecule has 0 aromatic carbocycles.